The van der Waals surface area contributed by atoms with Crippen LogP contribution in [0.2, 0.25) is 0 Å². The van der Waals surface area contributed by atoms with Gasteiger partial charge in [0.25, 0.3) is 5.56 Å². The molecule has 1 fully saturated rings. The van der Waals surface area contributed by atoms with Crippen molar-refractivity contribution in [3.8, 4) is 5.75 Å². The van der Waals surface area contributed by atoms with Crippen molar-refractivity contribution in [3.05, 3.63) is 64.1 Å². The molecule has 7 heteroatoms. The number of hydrogen-bond donors (Lipinski definition) is 1. The van der Waals surface area contributed by atoms with Gasteiger partial charge in [-0.15, -0.1) is 12.4 Å². The zero-order valence-corrected chi connectivity index (χ0v) is 17.6. The van der Waals surface area contributed by atoms with E-state index in [1.165, 1.54) is 0 Å². The summed E-state index contributed by atoms with van der Waals surface area (Å²) in [7, 11) is 1.66. The fourth-order valence-corrected chi connectivity index (χ4v) is 4.81. The summed E-state index contributed by atoms with van der Waals surface area (Å²) in [6, 6.07) is 13.0. The molecule has 2 aliphatic heterocycles. The Morgan fingerprint density at radius 1 is 1.24 bits per heavy atom. The SMILES string of the molecule is COc1cccc(C[C@H]2[C@H]3C[C@H](CN(C(=O)[C@@H](C)N)C3)c3cccc(=O)n32)c1.Cl. The number of aromatic nitrogens is 1. The number of hydrogen-bond acceptors (Lipinski definition) is 4. The highest BCUT2D eigenvalue weighted by Crippen LogP contribution is 2.42. The Hall–Kier alpha value is -2.31. The molecule has 4 rings (SSSR count). The Kier molecular flexibility index (Phi) is 6.34. The van der Waals surface area contributed by atoms with Gasteiger partial charge in [0.1, 0.15) is 5.75 Å². The van der Waals surface area contributed by atoms with Crippen LogP contribution in [0.3, 0.4) is 0 Å². The third-order valence-electron chi connectivity index (χ3n) is 6.08. The van der Waals surface area contributed by atoms with Gasteiger partial charge in [-0.25, -0.2) is 0 Å². The van der Waals surface area contributed by atoms with Crippen LogP contribution in [0.4, 0.5) is 0 Å². The summed E-state index contributed by atoms with van der Waals surface area (Å²) in [5, 5.41) is 0. The fraction of sp³-hybridized carbons (Fsp3) is 0.455. The number of carbonyl (C=O) groups is 1. The normalized spacial score (nSPS) is 23.6. The summed E-state index contributed by atoms with van der Waals surface area (Å²) in [4.78, 5) is 27.2. The molecule has 1 aromatic carbocycles. The molecule has 2 N–H and O–H groups in total. The largest absolute Gasteiger partial charge is 0.497 e. The first-order valence-corrected chi connectivity index (χ1v) is 9.86. The molecule has 0 aliphatic carbocycles. The molecule has 6 nitrogen and oxygen atoms in total. The van der Waals surface area contributed by atoms with Gasteiger partial charge < -0.3 is 19.9 Å². The van der Waals surface area contributed by atoms with E-state index in [9.17, 15) is 9.59 Å². The molecule has 0 radical (unpaired) electrons. The van der Waals surface area contributed by atoms with Gasteiger partial charge in [0.2, 0.25) is 5.91 Å². The van der Waals surface area contributed by atoms with E-state index < -0.39 is 6.04 Å². The average molecular weight is 418 g/mol. The minimum atomic E-state index is -0.506. The Labute approximate surface area is 177 Å². The van der Waals surface area contributed by atoms with Crippen molar-refractivity contribution in [3.63, 3.8) is 0 Å². The Bertz CT molecular complexity index is 943. The lowest BCUT2D eigenvalue weighted by Crippen LogP contribution is -2.54. The molecule has 2 bridgehead atoms. The molecule has 156 valence electrons. The summed E-state index contributed by atoms with van der Waals surface area (Å²) in [6.07, 6.45) is 1.71. The number of nitrogens with zero attached hydrogens (tertiary/aromatic N) is 2. The summed E-state index contributed by atoms with van der Waals surface area (Å²) < 4.78 is 7.32. The number of amides is 1. The first-order chi connectivity index (χ1) is 13.5. The molecule has 0 spiro atoms. The summed E-state index contributed by atoms with van der Waals surface area (Å²) in [6.45, 7) is 3.01. The van der Waals surface area contributed by atoms with Crippen LogP contribution >= 0.6 is 12.4 Å². The van der Waals surface area contributed by atoms with Crippen molar-refractivity contribution in [2.75, 3.05) is 20.2 Å². The molecule has 0 unspecified atom stereocenters. The number of halogens is 1. The standard InChI is InChI=1S/C22H27N3O3.ClH/c1-14(23)22(27)24-12-16-11-17(13-24)20(25-19(16)7-4-8-21(25)26)10-15-5-3-6-18(9-15)28-2;/h3-9,14,16-17,20H,10-13,23H2,1-2H3;1H/t14-,16-,17+,20+;/m1./s1. The van der Waals surface area contributed by atoms with E-state index >= 15 is 0 Å². The highest BCUT2D eigenvalue weighted by molar-refractivity contribution is 5.85. The van der Waals surface area contributed by atoms with Crippen LogP contribution in [0, 0.1) is 5.92 Å². The molecule has 1 amide bonds. The van der Waals surface area contributed by atoms with Gasteiger partial charge in [-0.2, -0.15) is 0 Å². The molecular formula is C22H28ClN3O3. The highest BCUT2D eigenvalue weighted by atomic mass is 35.5. The van der Waals surface area contributed by atoms with Crippen LogP contribution < -0.4 is 16.0 Å². The third kappa shape index (κ3) is 4.05. The predicted molar refractivity (Wildman–Crippen MR) is 115 cm³/mol. The van der Waals surface area contributed by atoms with Crippen LogP contribution in [-0.2, 0) is 11.2 Å². The van der Waals surface area contributed by atoms with Gasteiger partial charge in [-0.1, -0.05) is 18.2 Å². The molecule has 29 heavy (non-hydrogen) atoms. The van der Waals surface area contributed by atoms with Crippen LogP contribution in [-0.4, -0.2) is 41.6 Å². The lowest BCUT2D eigenvalue weighted by Gasteiger charge is -2.47. The Balaban J connectivity index is 0.00000240. The van der Waals surface area contributed by atoms with Gasteiger partial charge in [-0.05, 0) is 49.4 Å². The van der Waals surface area contributed by atoms with Crippen LogP contribution in [0.5, 0.6) is 5.75 Å². The van der Waals surface area contributed by atoms with Crippen molar-refractivity contribution in [1.82, 2.24) is 9.47 Å². The number of methoxy groups -OCH3 is 1. The number of fused-ring (bicyclic) bond motifs is 4. The summed E-state index contributed by atoms with van der Waals surface area (Å²) in [5.41, 5.74) is 8.05. The quantitative estimate of drug-likeness (QED) is 0.828. The van der Waals surface area contributed by atoms with E-state index in [0.29, 0.717) is 13.1 Å². The number of carbonyl (C=O) groups excluding carboxylic acids is 1. The van der Waals surface area contributed by atoms with E-state index in [4.69, 9.17) is 10.5 Å². The minimum Gasteiger partial charge on any atom is -0.497 e. The van der Waals surface area contributed by atoms with Crippen LogP contribution in [0.1, 0.15) is 36.6 Å². The molecular weight excluding hydrogens is 390 g/mol. The van der Waals surface area contributed by atoms with Crippen molar-refractivity contribution < 1.29 is 9.53 Å². The summed E-state index contributed by atoms with van der Waals surface area (Å²) in [5.74, 6) is 1.20. The Morgan fingerprint density at radius 2 is 2.00 bits per heavy atom. The summed E-state index contributed by atoms with van der Waals surface area (Å²) >= 11 is 0. The van der Waals surface area contributed by atoms with Crippen LogP contribution in [0.25, 0.3) is 0 Å². The number of rotatable bonds is 4. The second-order valence-electron chi connectivity index (χ2n) is 8.01. The minimum absolute atomic E-state index is 0. The van der Waals surface area contributed by atoms with Crippen molar-refractivity contribution in [2.24, 2.45) is 11.7 Å². The average Bonchev–Trinajstić information content (AvgIpc) is 2.70. The van der Waals surface area contributed by atoms with E-state index in [2.05, 4.69) is 6.07 Å². The lowest BCUT2D eigenvalue weighted by atomic mass is 9.76. The number of nitrogens with two attached hydrogens (primary N) is 1. The molecule has 3 heterocycles. The van der Waals surface area contributed by atoms with Crippen LogP contribution in [0.15, 0.2) is 47.3 Å². The number of pyridine rings is 1. The van der Waals surface area contributed by atoms with Gasteiger partial charge in [0, 0.05) is 36.8 Å². The zero-order valence-electron chi connectivity index (χ0n) is 16.8. The first-order valence-electron chi connectivity index (χ1n) is 9.86. The molecule has 1 saturated heterocycles. The van der Waals surface area contributed by atoms with E-state index in [0.717, 1.165) is 29.8 Å². The second-order valence-corrected chi connectivity index (χ2v) is 8.01. The maximum atomic E-state index is 12.8. The molecule has 2 aliphatic rings. The van der Waals surface area contributed by atoms with Gasteiger partial charge >= 0.3 is 0 Å². The monoisotopic (exact) mass is 417 g/mol. The van der Waals surface area contributed by atoms with Crippen molar-refractivity contribution in [1.29, 1.82) is 0 Å². The maximum absolute atomic E-state index is 12.8. The predicted octanol–water partition coefficient (Wildman–Crippen LogP) is 2.36. The second kappa shape index (κ2) is 8.59. The number of ether oxygens (including phenoxy) is 1. The topological polar surface area (TPSA) is 77.6 Å². The highest BCUT2D eigenvalue weighted by Gasteiger charge is 2.42. The van der Waals surface area contributed by atoms with Crippen molar-refractivity contribution in [2.45, 2.75) is 37.8 Å². The molecule has 1 aromatic heterocycles. The molecule has 4 atom stereocenters. The smallest absolute Gasteiger partial charge is 0.251 e. The fourth-order valence-electron chi connectivity index (χ4n) is 4.81. The van der Waals surface area contributed by atoms with Gasteiger partial charge in [0.05, 0.1) is 13.2 Å². The number of likely N-dealkylation sites (tertiary alicyclic amines) is 1. The van der Waals surface area contributed by atoms with E-state index in [1.54, 1.807) is 20.1 Å². The molecule has 2 aromatic rings. The first kappa shape index (κ1) is 21.4. The zero-order chi connectivity index (χ0) is 19.8. The van der Waals surface area contributed by atoms with Gasteiger partial charge in [-0.3, -0.25) is 9.59 Å². The third-order valence-corrected chi connectivity index (χ3v) is 6.08. The van der Waals surface area contributed by atoms with Crippen molar-refractivity contribution >= 4 is 18.3 Å². The number of piperidine rings is 1. The Morgan fingerprint density at radius 3 is 2.72 bits per heavy atom. The number of benzene rings is 1. The van der Waals surface area contributed by atoms with E-state index in [1.807, 2.05) is 39.8 Å². The van der Waals surface area contributed by atoms with E-state index in [-0.39, 0.29) is 41.8 Å². The molecule has 0 saturated carbocycles. The lowest BCUT2D eigenvalue weighted by molar-refractivity contribution is -0.135. The maximum Gasteiger partial charge on any atom is 0.251 e. The van der Waals surface area contributed by atoms with Gasteiger partial charge in [0.15, 0.2) is 0 Å².